The van der Waals surface area contributed by atoms with Crippen LogP contribution in [0.5, 0.6) is 0 Å². The summed E-state index contributed by atoms with van der Waals surface area (Å²) in [5.74, 6) is 1.98. The molecule has 4 nitrogen and oxygen atoms in total. The quantitative estimate of drug-likeness (QED) is 0.940. The van der Waals surface area contributed by atoms with Crippen LogP contribution in [0.25, 0.3) is 0 Å². The zero-order valence-corrected chi connectivity index (χ0v) is 12.9. The topological polar surface area (TPSA) is 44.8 Å². The molecule has 1 unspecified atom stereocenters. The maximum Gasteiger partial charge on any atom is 0.155 e. The van der Waals surface area contributed by atoms with Crippen LogP contribution in [0.3, 0.4) is 0 Å². The van der Waals surface area contributed by atoms with Crippen molar-refractivity contribution in [1.82, 2.24) is 20.1 Å². The Hall–Kier alpha value is -1.82. The number of hydrogen-bond donors (Lipinski definition) is 1. The second-order valence-corrected chi connectivity index (χ2v) is 6.66. The van der Waals surface area contributed by atoms with E-state index in [0.717, 1.165) is 43.6 Å². The zero-order chi connectivity index (χ0) is 15.8. The van der Waals surface area contributed by atoms with Crippen LogP contribution in [0.1, 0.15) is 54.7 Å². The van der Waals surface area contributed by atoms with Gasteiger partial charge in [-0.05, 0) is 50.4 Å². The molecule has 2 fully saturated rings. The summed E-state index contributed by atoms with van der Waals surface area (Å²) in [6, 6.07) is 3.64. The van der Waals surface area contributed by atoms with E-state index in [1.165, 1.54) is 25.0 Å². The number of benzene rings is 1. The molecule has 1 aromatic heterocycles. The Morgan fingerprint density at radius 1 is 1.17 bits per heavy atom. The summed E-state index contributed by atoms with van der Waals surface area (Å²) in [6.45, 7) is 2.12. The van der Waals surface area contributed by atoms with Crippen LogP contribution in [-0.4, -0.2) is 33.2 Å². The summed E-state index contributed by atoms with van der Waals surface area (Å²) in [7, 11) is 0. The van der Waals surface area contributed by atoms with Crippen molar-refractivity contribution in [1.29, 1.82) is 0 Å². The Morgan fingerprint density at radius 3 is 2.87 bits per heavy atom. The van der Waals surface area contributed by atoms with Gasteiger partial charge in [0.15, 0.2) is 5.82 Å². The van der Waals surface area contributed by atoms with Crippen molar-refractivity contribution in [3.63, 3.8) is 0 Å². The van der Waals surface area contributed by atoms with E-state index in [4.69, 9.17) is 0 Å². The van der Waals surface area contributed by atoms with E-state index in [0.29, 0.717) is 18.0 Å². The third-order valence-electron chi connectivity index (χ3n) is 4.76. The molecular weight excluding hydrogens is 298 g/mol. The first kappa shape index (κ1) is 14.8. The smallest absolute Gasteiger partial charge is 0.155 e. The Balaban J connectivity index is 1.44. The summed E-state index contributed by atoms with van der Waals surface area (Å²) in [4.78, 5) is 6.81. The molecule has 1 aliphatic carbocycles. The molecule has 1 aromatic carbocycles. The summed E-state index contributed by atoms with van der Waals surface area (Å²) < 4.78 is 27.1. The lowest BCUT2D eigenvalue weighted by Gasteiger charge is -2.31. The summed E-state index contributed by atoms with van der Waals surface area (Å²) in [6.07, 6.45) is 4.47. The predicted octanol–water partition coefficient (Wildman–Crippen LogP) is 3.34. The number of likely N-dealkylation sites (tertiary alicyclic amines) is 1. The monoisotopic (exact) mass is 318 g/mol. The van der Waals surface area contributed by atoms with Gasteiger partial charge in [0, 0.05) is 30.5 Å². The second kappa shape index (κ2) is 6.00. The van der Waals surface area contributed by atoms with E-state index < -0.39 is 5.82 Å². The van der Waals surface area contributed by atoms with Gasteiger partial charge in [-0.3, -0.25) is 10.00 Å². The predicted molar refractivity (Wildman–Crippen MR) is 82.0 cm³/mol. The summed E-state index contributed by atoms with van der Waals surface area (Å²) in [5.41, 5.74) is 0.416. The van der Waals surface area contributed by atoms with Gasteiger partial charge >= 0.3 is 0 Å². The van der Waals surface area contributed by atoms with E-state index in [9.17, 15) is 8.78 Å². The first-order chi connectivity index (χ1) is 11.2. The summed E-state index contributed by atoms with van der Waals surface area (Å²) in [5, 5.41) is 7.43. The van der Waals surface area contributed by atoms with Crippen LogP contribution in [-0.2, 0) is 6.54 Å². The molecule has 1 saturated carbocycles. The second-order valence-electron chi connectivity index (χ2n) is 6.66. The van der Waals surface area contributed by atoms with Gasteiger partial charge in [-0.25, -0.2) is 13.8 Å². The van der Waals surface area contributed by atoms with Gasteiger partial charge in [-0.1, -0.05) is 0 Å². The molecule has 2 aliphatic rings. The Labute approximate surface area is 133 Å². The Morgan fingerprint density at radius 2 is 2.04 bits per heavy atom. The number of nitrogens with zero attached hydrogens (tertiary/aromatic N) is 3. The molecular formula is C17H20F2N4. The minimum Gasteiger partial charge on any atom is -0.298 e. The van der Waals surface area contributed by atoms with Gasteiger partial charge in [0.2, 0.25) is 0 Å². The number of nitrogens with one attached hydrogen (secondary N) is 1. The molecule has 1 N–H and O–H groups in total. The van der Waals surface area contributed by atoms with Crippen molar-refractivity contribution in [2.75, 3.05) is 13.1 Å². The van der Waals surface area contributed by atoms with Crippen molar-refractivity contribution in [3.05, 3.63) is 47.0 Å². The molecule has 1 atom stereocenters. The number of hydrogen-bond acceptors (Lipinski definition) is 3. The number of H-pyrrole nitrogens is 1. The van der Waals surface area contributed by atoms with E-state index in [2.05, 4.69) is 20.1 Å². The number of halogens is 2. The zero-order valence-electron chi connectivity index (χ0n) is 12.9. The van der Waals surface area contributed by atoms with Crippen molar-refractivity contribution in [2.45, 2.75) is 44.1 Å². The highest BCUT2D eigenvalue weighted by atomic mass is 19.1. The fourth-order valence-corrected chi connectivity index (χ4v) is 3.33. The van der Waals surface area contributed by atoms with E-state index in [1.54, 1.807) is 0 Å². The van der Waals surface area contributed by atoms with Gasteiger partial charge in [0.05, 0.1) is 0 Å². The first-order valence-electron chi connectivity index (χ1n) is 8.27. The Kier molecular flexibility index (Phi) is 3.85. The van der Waals surface area contributed by atoms with Crippen molar-refractivity contribution in [2.24, 2.45) is 0 Å². The van der Waals surface area contributed by atoms with Crippen LogP contribution < -0.4 is 0 Å². The molecule has 122 valence electrons. The maximum atomic E-state index is 13.8. The first-order valence-corrected chi connectivity index (χ1v) is 8.27. The normalized spacial score (nSPS) is 22.4. The third kappa shape index (κ3) is 3.27. The SMILES string of the molecule is Fc1ccc(F)c(CN2CCCC(c3n[nH]c(C4CC4)n3)C2)c1. The number of piperidine rings is 1. The van der Waals surface area contributed by atoms with Crippen LogP contribution in [0.15, 0.2) is 18.2 Å². The molecule has 2 heterocycles. The van der Waals surface area contributed by atoms with Crippen molar-refractivity contribution < 1.29 is 8.78 Å². The molecule has 1 saturated heterocycles. The fraction of sp³-hybridized carbons (Fsp3) is 0.529. The number of aromatic nitrogens is 3. The standard InChI is InChI=1S/C17H20F2N4/c18-14-5-6-15(19)13(8-14)10-23-7-1-2-12(9-23)17-20-16(21-22-17)11-3-4-11/h5-6,8,11-12H,1-4,7,9-10H2,(H,20,21,22). The van der Waals surface area contributed by atoms with E-state index >= 15 is 0 Å². The van der Waals surface area contributed by atoms with Crippen LogP contribution in [0.2, 0.25) is 0 Å². The van der Waals surface area contributed by atoms with Crippen molar-refractivity contribution >= 4 is 0 Å². The van der Waals surface area contributed by atoms with Crippen LogP contribution in [0, 0.1) is 11.6 Å². The molecule has 4 rings (SSSR count). The molecule has 2 aromatic rings. The summed E-state index contributed by atoms with van der Waals surface area (Å²) >= 11 is 0. The van der Waals surface area contributed by atoms with Gasteiger partial charge in [0.25, 0.3) is 0 Å². The van der Waals surface area contributed by atoms with Crippen LogP contribution in [0.4, 0.5) is 8.78 Å². The lowest BCUT2D eigenvalue weighted by molar-refractivity contribution is 0.194. The third-order valence-corrected chi connectivity index (χ3v) is 4.76. The molecule has 0 amide bonds. The minimum absolute atomic E-state index is 0.268. The van der Waals surface area contributed by atoms with E-state index in [-0.39, 0.29) is 11.7 Å². The van der Waals surface area contributed by atoms with Crippen molar-refractivity contribution in [3.8, 4) is 0 Å². The minimum atomic E-state index is -0.391. The molecule has 1 aliphatic heterocycles. The number of aromatic amines is 1. The molecule has 0 radical (unpaired) electrons. The highest BCUT2D eigenvalue weighted by molar-refractivity contribution is 5.19. The lowest BCUT2D eigenvalue weighted by atomic mass is 9.97. The van der Waals surface area contributed by atoms with Gasteiger partial charge in [-0.15, -0.1) is 0 Å². The highest BCUT2D eigenvalue weighted by Gasteiger charge is 2.30. The van der Waals surface area contributed by atoms with E-state index in [1.807, 2.05) is 0 Å². The fourth-order valence-electron chi connectivity index (χ4n) is 3.33. The van der Waals surface area contributed by atoms with Gasteiger partial charge in [-0.2, -0.15) is 5.10 Å². The highest BCUT2D eigenvalue weighted by Crippen LogP contribution is 2.38. The molecule has 0 spiro atoms. The van der Waals surface area contributed by atoms with Gasteiger partial charge in [0.1, 0.15) is 17.5 Å². The maximum absolute atomic E-state index is 13.8. The molecule has 23 heavy (non-hydrogen) atoms. The van der Waals surface area contributed by atoms with Gasteiger partial charge < -0.3 is 0 Å². The molecule has 0 bridgehead atoms. The van der Waals surface area contributed by atoms with Crippen LogP contribution >= 0.6 is 0 Å². The largest absolute Gasteiger partial charge is 0.298 e. The Bertz CT molecular complexity index is 696. The number of rotatable bonds is 4. The molecule has 6 heteroatoms. The average molecular weight is 318 g/mol. The average Bonchev–Trinajstić information content (AvgIpc) is 3.28. The lowest BCUT2D eigenvalue weighted by Crippen LogP contribution is -2.34.